The van der Waals surface area contributed by atoms with E-state index >= 15 is 0 Å². The Hall–Kier alpha value is -1.24. The number of hydrogen-bond donors (Lipinski definition) is 1. The molecule has 0 aliphatic heterocycles. The van der Waals surface area contributed by atoms with Crippen LogP contribution in [0.2, 0.25) is 0 Å². The summed E-state index contributed by atoms with van der Waals surface area (Å²) in [6, 6.07) is 8.15. The van der Waals surface area contributed by atoms with E-state index in [0.717, 1.165) is 30.0 Å². The quantitative estimate of drug-likeness (QED) is 0.876. The van der Waals surface area contributed by atoms with Crippen LogP contribution in [0.15, 0.2) is 34.5 Å². The van der Waals surface area contributed by atoms with E-state index in [0.29, 0.717) is 16.9 Å². The molecule has 3 rings (SSSR count). The second-order valence-corrected chi connectivity index (χ2v) is 9.81. The number of aromatic nitrogens is 1. The molecule has 1 heterocycles. The summed E-state index contributed by atoms with van der Waals surface area (Å²) in [6.45, 7) is 4.20. The fourth-order valence-corrected chi connectivity index (χ4v) is 4.78. The van der Waals surface area contributed by atoms with Gasteiger partial charge in [0.05, 0.1) is 15.6 Å². The zero-order valence-electron chi connectivity index (χ0n) is 14.3. The molecule has 1 aliphatic rings. The van der Waals surface area contributed by atoms with Crippen molar-refractivity contribution >= 4 is 21.2 Å². The van der Waals surface area contributed by atoms with E-state index in [1.54, 1.807) is 23.5 Å². The molecule has 0 spiro atoms. The third-order valence-corrected chi connectivity index (χ3v) is 6.70. The summed E-state index contributed by atoms with van der Waals surface area (Å²) in [5.74, 6) is 0.500. The topological polar surface area (TPSA) is 59.1 Å². The summed E-state index contributed by atoms with van der Waals surface area (Å²) >= 11 is 1.69. The van der Waals surface area contributed by atoms with Gasteiger partial charge < -0.3 is 5.32 Å². The van der Waals surface area contributed by atoms with Gasteiger partial charge in [-0.25, -0.2) is 13.4 Å². The molecule has 1 unspecified atom stereocenters. The number of aryl methyl sites for hydroxylation is 1. The summed E-state index contributed by atoms with van der Waals surface area (Å²) in [5.41, 5.74) is 2.36. The third-order valence-electron chi connectivity index (χ3n) is 4.78. The minimum absolute atomic E-state index is 0.270. The Kier molecular flexibility index (Phi) is 5.08. The van der Waals surface area contributed by atoms with Crippen molar-refractivity contribution in [3.05, 3.63) is 45.9 Å². The molecule has 1 saturated carbocycles. The van der Waals surface area contributed by atoms with Gasteiger partial charge in [-0.3, -0.25) is 0 Å². The first-order valence-corrected chi connectivity index (χ1v) is 11.1. The van der Waals surface area contributed by atoms with Crippen molar-refractivity contribution in [3.8, 4) is 0 Å². The van der Waals surface area contributed by atoms with Gasteiger partial charge in [0.25, 0.3) is 0 Å². The van der Waals surface area contributed by atoms with Crippen molar-refractivity contribution in [2.75, 3.05) is 6.26 Å². The largest absolute Gasteiger partial charge is 0.306 e. The first-order valence-electron chi connectivity index (χ1n) is 8.31. The molecule has 1 aromatic heterocycles. The highest BCUT2D eigenvalue weighted by atomic mass is 32.2. The van der Waals surface area contributed by atoms with E-state index in [1.165, 1.54) is 11.8 Å². The highest BCUT2D eigenvalue weighted by Crippen LogP contribution is 2.35. The van der Waals surface area contributed by atoms with Crippen molar-refractivity contribution in [2.45, 2.75) is 56.0 Å². The average molecular weight is 365 g/mol. The molecular formula is C18H24N2O2S2. The normalized spacial score (nSPS) is 22.6. The average Bonchev–Trinajstić information content (AvgIpc) is 3.16. The first kappa shape index (κ1) is 17.6. The fourth-order valence-electron chi connectivity index (χ4n) is 3.44. The fraction of sp³-hybridized carbons (Fsp3) is 0.500. The van der Waals surface area contributed by atoms with Crippen LogP contribution >= 0.6 is 11.3 Å². The van der Waals surface area contributed by atoms with Crippen molar-refractivity contribution in [3.63, 3.8) is 0 Å². The summed E-state index contributed by atoms with van der Waals surface area (Å²) in [7, 11) is -3.12. The molecule has 2 aromatic rings. The predicted octanol–water partition coefficient (Wildman–Crippen LogP) is 3.84. The number of hydrogen-bond acceptors (Lipinski definition) is 5. The Labute approximate surface area is 148 Å². The molecule has 4 nitrogen and oxygen atoms in total. The Morgan fingerprint density at radius 2 is 1.96 bits per heavy atom. The van der Waals surface area contributed by atoms with Crippen LogP contribution in [0, 0.1) is 6.92 Å². The van der Waals surface area contributed by atoms with Gasteiger partial charge in [0, 0.05) is 23.7 Å². The first-order chi connectivity index (χ1) is 11.3. The molecule has 0 saturated heterocycles. The summed E-state index contributed by atoms with van der Waals surface area (Å²) in [4.78, 5) is 4.96. The summed E-state index contributed by atoms with van der Waals surface area (Å²) < 4.78 is 23.1. The lowest BCUT2D eigenvalue weighted by Crippen LogP contribution is -2.29. The van der Waals surface area contributed by atoms with E-state index in [9.17, 15) is 8.42 Å². The van der Waals surface area contributed by atoms with Gasteiger partial charge in [-0.15, -0.1) is 11.3 Å². The summed E-state index contributed by atoms with van der Waals surface area (Å²) in [6.07, 6.45) is 4.62. The van der Waals surface area contributed by atoms with Crippen molar-refractivity contribution in [1.82, 2.24) is 10.3 Å². The van der Waals surface area contributed by atoms with Crippen LogP contribution in [0.4, 0.5) is 0 Å². The number of nitrogens with zero attached hydrogens (tertiary/aromatic N) is 1. The maximum Gasteiger partial charge on any atom is 0.175 e. The molecule has 24 heavy (non-hydrogen) atoms. The summed E-state index contributed by atoms with van der Waals surface area (Å²) in [5, 5.41) is 6.93. The van der Waals surface area contributed by atoms with E-state index < -0.39 is 9.84 Å². The van der Waals surface area contributed by atoms with Crippen LogP contribution < -0.4 is 5.32 Å². The lowest BCUT2D eigenvalue weighted by molar-refractivity contribution is 0.452. The van der Waals surface area contributed by atoms with Crippen molar-refractivity contribution < 1.29 is 8.42 Å². The second-order valence-electron chi connectivity index (χ2n) is 6.73. The Morgan fingerprint density at radius 1 is 1.25 bits per heavy atom. The number of rotatable bonds is 5. The van der Waals surface area contributed by atoms with Crippen LogP contribution in [0.25, 0.3) is 0 Å². The highest BCUT2D eigenvalue weighted by molar-refractivity contribution is 7.90. The zero-order chi connectivity index (χ0) is 17.3. The van der Waals surface area contributed by atoms with Crippen LogP contribution in [-0.2, 0) is 9.84 Å². The third kappa shape index (κ3) is 4.05. The molecule has 1 aromatic carbocycles. The Morgan fingerprint density at radius 3 is 2.54 bits per heavy atom. The lowest BCUT2D eigenvalue weighted by atomic mass is 9.97. The highest BCUT2D eigenvalue weighted by Gasteiger charge is 2.27. The molecular weight excluding hydrogens is 340 g/mol. The number of thiazole rings is 1. The van der Waals surface area contributed by atoms with Gasteiger partial charge in [-0.1, -0.05) is 12.1 Å². The van der Waals surface area contributed by atoms with Crippen molar-refractivity contribution in [2.24, 2.45) is 0 Å². The standard InChI is InChI=1S/C18H24N2O2S2/c1-12(18-11-23-13(2)20-18)19-16-7-4-15(10-16)14-5-8-17(9-6-14)24(3,21)22/h5-6,8-9,11-12,15-16,19H,4,7,10H2,1-3H3/t12-,15?,16+/m1/s1. The lowest BCUT2D eigenvalue weighted by Gasteiger charge is -2.18. The maximum atomic E-state index is 11.6. The van der Waals surface area contributed by atoms with Gasteiger partial charge in [-0.05, 0) is 56.7 Å². The van der Waals surface area contributed by atoms with Crippen LogP contribution in [0.5, 0.6) is 0 Å². The molecule has 0 bridgehead atoms. The SMILES string of the molecule is Cc1nc([C@@H](C)N[C@H]2CCC(c3ccc(S(C)(=O)=O)cc3)C2)cs1. The number of benzene rings is 1. The second kappa shape index (κ2) is 6.94. The zero-order valence-corrected chi connectivity index (χ0v) is 16.0. The van der Waals surface area contributed by atoms with E-state index in [-0.39, 0.29) is 6.04 Å². The molecule has 1 aliphatic carbocycles. The maximum absolute atomic E-state index is 11.6. The van der Waals surface area contributed by atoms with Crippen molar-refractivity contribution in [1.29, 1.82) is 0 Å². The molecule has 6 heteroatoms. The van der Waals surface area contributed by atoms with Gasteiger partial charge >= 0.3 is 0 Å². The van der Waals surface area contributed by atoms with Crippen LogP contribution in [0.3, 0.4) is 0 Å². The predicted molar refractivity (Wildman–Crippen MR) is 98.3 cm³/mol. The molecule has 0 radical (unpaired) electrons. The molecule has 0 amide bonds. The van der Waals surface area contributed by atoms with Gasteiger partial charge in [0.2, 0.25) is 0 Å². The molecule has 130 valence electrons. The van der Waals surface area contributed by atoms with E-state index in [1.807, 2.05) is 19.1 Å². The molecule has 1 fully saturated rings. The molecule has 1 N–H and O–H groups in total. The Balaban J connectivity index is 1.61. The van der Waals surface area contributed by atoms with E-state index in [4.69, 9.17) is 0 Å². The minimum Gasteiger partial charge on any atom is -0.306 e. The minimum atomic E-state index is -3.12. The number of sulfone groups is 1. The van der Waals surface area contributed by atoms with Crippen LogP contribution in [0.1, 0.15) is 54.4 Å². The smallest absolute Gasteiger partial charge is 0.175 e. The van der Waals surface area contributed by atoms with Gasteiger partial charge in [-0.2, -0.15) is 0 Å². The number of nitrogens with one attached hydrogen (secondary N) is 1. The Bertz CT molecular complexity index is 797. The van der Waals surface area contributed by atoms with Gasteiger partial charge in [0.15, 0.2) is 9.84 Å². The monoisotopic (exact) mass is 364 g/mol. The van der Waals surface area contributed by atoms with E-state index in [2.05, 4.69) is 22.6 Å². The van der Waals surface area contributed by atoms with Gasteiger partial charge in [0.1, 0.15) is 0 Å². The van der Waals surface area contributed by atoms with Crippen LogP contribution in [-0.4, -0.2) is 25.7 Å². The molecule has 3 atom stereocenters.